The molecule has 3 N–H and O–H groups in total. The molecular weight excluding hydrogens is 342 g/mol. The van der Waals surface area contributed by atoms with E-state index in [4.69, 9.17) is 0 Å². The summed E-state index contributed by atoms with van der Waals surface area (Å²) in [5, 5.41) is 25.7. The third kappa shape index (κ3) is 3.57. The highest BCUT2D eigenvalue weighted by Gasteiger charge is 2.13. The summed E-state index contributed by atoms with van der Waals surface area (Å²) >= 11 is 0. The lowest BCUT2D eigenvalue weighted by Gasteiger charge is -2.14. The summed E-state index contributed by atoms with van der Waals surface area (Å²) in [6, 6.07) is 10.1. The van der Waals surface area contributed by atoms with Gasteiger partial charge in [0.05, 0.1) is 18.0 Å². The topological polar surface area (TPSA) is 105 Å². The van der Waals surface area contributed by atoms with Crippen LogP contribution in [0.1, 0.15) is 25.5 Å². The minimum Gasteiger partial charge on any atom is -0.387 e. The number of aromatic nitrogens is 6. The summed E-state index contributed by atoms with van der Waals surface area (Å²) in [6.07, 6.45) is 4.33. The van der Waals surface area contributed by atoms with Crippen LogP contribution >= 0.6 is 0 Å². The summed E-state index contributed by atoms with van der Waals surface area (Å²) in [5.41, 5.74) is 3.30. The predicted octanol–water partition coefficient (Wildman–Crippen LogP) is 2.24. The number of rotatable bonds is 6. The number of nitrogens with zero attached hydrogens (tertiary/aromatic N) is 5. The molecule has 0 spiro atoms. The Balaban J connectivity index is 1.65. The van der Waals surface area contributed by atoms with Gasteiger partial charge in [0.25, 0.3) is 0 Å². The summed E-state index contributed by atoms with van der Waals surface area (Å²) in [4.78, 5) is 8.72. The molecule has 0 radical (unpaired) electrons. The van der Waals surface area contributed by atoms with E-state index in [1.54, 1.807) is 17.1 Å². The summed E-state index contributed by atoms with van der Waals surface area (Å²) in [6.45, 7) is 4.58. The fourth-order valence-corrected chi connectivity index (χ4v) is 2.90. The lowest BCUT2D eigenvalue weighted by Crippen LogP contribution is -2.27. The van der Waals surface area contributed by atoms with Crippen molar-refractivity contribution < 1.29 is 5.11 Å². The Morgan fingerprint density at radius 1 is 1.19 bits per heavy atom. The molecule has 0 aliphatic carbocycles. The van der Waals surface area contributed by atoms with Crippen molar-refractivity contribution >= 4 is 11.0 Å². The predicted molar refractivity (Wildman–Crippen MR) is 102 cm³/mol. The molecule has 4 aromatic rings. The Morgan fingerprint density at radius 2 is 2.07 bits per heavy atom. The highest BCUT2D eigenvalue weighted by atomic mass is 16.3. The zero-order valence-corrected chi connectivity index (χ0v) is 15.2. The van der Waals surface area contributed by atoms with Gasteiger partial charge in [-0.05, 0) is 18.2 Å². The summed E-state index contributed by atoms with van der Waals surface area (Å²) in [5.74, 6) is 0.698. The average Bonchev–Trinajstić information content (AvgIpc) is 3.35. The van der Waals surface area contributed by atoms with Gasteiger partial charge in [-0.15, -0.1) is 0 Å². The van der Waals surface area contributed by atoms with Gasteiger partial charge in [-0.25, -0.2) is 14.6 Å². The molecule has 8 nitrogen and oxygen atoms in total. The molecule has 3 heterocycles. The van der Waals surface area contributed by atoms with E-state index < -0.39 is 6.10 Å². The van der Waals surface area contributed by atoms with Gasteiger partial charge in [0.1, 0.15) is 6.33 Å². The van der Waals surface area contributed by atoms with Crippen LogP contribution in [-0.2, 0) is 0 Å². The number of hydrogen-bond donors (Lipinski definition) is 3. The van der Waals surface area contributed by atoms with Crippen LogP contribution in [0.4, 0.5) is 0 Å². The number of H-pyrrole nitrogens is 1. The van der Waals surface area contributed by atoms with Crippen molar-refractivity contribution in [3.05, 3.63) is 54.6 Å². The summed E-state index contributed by atoms with van der Waals surface area (Å²) < 4.78 is 1.78. The molecule has 0 fully saturated rings. The first-order chi connectivity index (χ1) is 13.1. The quantitative estimate of drug-likeness (QED) is 0.485. The highest BCUT2D eigenvalue weighted by Crippen LogP contribution is 2.23. The van der Waals surface area contributed by atoms with Crippen LogP contribution < -0.4 is 5.32 Å². The molecule has 1 atom stereocenters. The van der Waals surface area contributed by atoms with Crippen molar-refractivity contribution in [1.29, 1.82) is 0 Å². The van der Waals surface area contributed by atoms with Crippen molar-refractivity contribution in [2.24, 2.45) is 0 Å². The minimum atomic E-state index is -0.609. The van der Waals surface area contributed by atoms with Gasteiger partial charge in [-0.3, -0.25) is 5.10 Å². The fourth-order valence-electron chi connectivity index (χ4n) is 2.90. The Morgan fingerprint density at radius 3 is 2.85 bits per heavy atom. The molecular formula is C19H21N7O. The zero-order valence-electron chi connectivity index (χ0n) is 15.2. The van der Waals surface area contributed by atoms with Crippen LogP contribution in [0.3, 0.4) is 0 Å². The third-order valence-corrected chi connectivity index (χ3v) is 4.31. The van der Waals surface area contributed by atoms with E-state index in [0.29, 0.717) is 18.4 Å². The van der Waals surface area contributed by atoms with Crippen molar-refractivity contribution in [3.8, 4) is 17.1 Å². The van der Waals surface area contributed by atoms with Gasteiger partial charge < -0.3 is 10.4 Å². The minimum absolute atomic E-state index is 0.315. The van der Waals surface area contributed by atoms with E-state index in [1.807, 2.05) is 44.2 Å². The molecule has 0 aliphatic heterocycles. The van der Waals surface area contributed by atoms with E-state index >= 15 is 0 Å². The molecule has 0 saturated heterocycles. The molecule has 1 aromatic carbocycles. The Hall–Kier alpha value is -3.10. The summed E-state index contributed by atoms with van der Waals surface area (Å²) in [7, 11) is 0. The standard InChI is InChI=1S/C19H21N7O/c1-12(2)20-10-17(27)14-6-15-9-24-26(19(15)21-8-14)16-5-3-4-13(7-16)18-22-11-23-25-18/h3-9,11-12,17,20,27H,10H2,1-2H3,(H,22,23,25)/t17-/m1/s1. The molecule has 0 saturated carbocycles. The third-order valence-electron chi connectivity index (χ3n) is 4.31. The number of aliphatic hydroxyl groups is 1. The largest absolute Gasteiger partial charge is 0.387 e. The van der Waals surface area contributed by atoms with Gasteiger partial charge in [0.2, 0.25) is 0 Å². The fraction of sp³-hybridized carbons (Fsp3) is 0.263. The molecule has 27 heavy (non-hydrogen) atoms. The molecule has 0 unspecified atom stereocenters. The van der Waals surface area contributed by atoms with E-state index in [2.05, 4.69) is 30.6 Å². The molecule has 138 valence electrons. The second-order valence-corrected chi connectivity index (χ2v) is 6.70. The van der Waals surface area contributed by atoms with Crippen molar-refractivity contribution in [2.75, 3.05) is 6.54 Å². The van der Waals surface area contributed by atoms with Crippen molar-refractivity contribution in [3.63, 3.8) is 0 Å². The molecule has 0 amide bonds. The van der Waals surface area contributed by atoms with Crippen molar-refractivity contribution in [2.45, 2.75) is 26.0 Å². The Labute approximate surface area is 156 Å². The molecule has 0 aliphatic rings. The second-order valence-electron chi connectivity index (χ2n) is 6.70. The first-order valence-electron chi connectivity index (χ1n) is 8.83. The number of hydrogen-bond acceptors (Lipinski definition) is 6. The monoisotopic (exact) mass is 363 g/mol. The number of aromatic amines is 1. The van der Waals surface area contributed by atoms with Crippen LogP contribution in [-0.4, -0.2) is 47.6 Å². The highest BCUT2D eigenvalue weighted by molar-refractivity contribution is 5.77. The maximum Gasteiger partial charge on any atom is 0.162 e. The molecule has 3 aromatic heterocycles. The van der Waals surface area contributed by atoms with Gasteiger partial charge >= 0.3 is 0 Å². The Kier molecular flexibility index (Phi) is 4.66. The van der Waals surface area contributed by atoms with Crippen LogP contribution in [0.2, 0.25) is 0 Å². The van der Waals surface area contributed by atoms with E-state index in [0.717, 1.165) is 27.8 Å². The van der Waals surface area contributed by atoms with Crippen molar-refractivity contribution in [1.82, 2.24) is 35.3 Å². The first-order valence-corrected chi connectivity index (χ1v) is 8.83. The second kappa shape index (κ2) is 7.26. The van der Waals surface area contributed by atoms with Crippen LogP contribution in [0.15, 0.2) is 49.1 Å². The van der Waals surface area contributed by atoms with E-state index in [9.17, 15) is 5.11 Å². The SMILES string of the molecule is CC(C)NC[C@@H](O)c1cnc2c(cnn2-c2cccc(-c3ncn[nH]3)c2)c1. The van der Waals surface area contributed by atoms with Crippen LogP contribution in [0.5, 0.6) is 0 Å². The van der Waals surface area contributed by atoms with E-state index in [-0.39, 0.29) is 0 Å². The number of fused-ring (bicyclic) bond motifs is 1. The van der Waals surface area contributed by atoms with Gasteiger partial charge in [-0.2, -0.15) is 10.2 Å². The smallest absolute Gasteiger partial charge is 0.162 e. The molecule has 0 bridgehead atoms. The lowest BCUT2D eigenvalue weighted by molar-refractivity contribution is 0.171. The van der Waals surface area contributed by atoms with Crippen LogP contribution in [0, 0.1) is 0 Å². The normalized spacial score (nSPS) is 12.7. The number of aliphatic hydroxyl groups excluding tert-OH is 1. The average molecular weight is 363 g/mol. The van der Waals surface area contributed by atoms with Gasteiger partial charge in [-0.1, -0.05) is 26.0 Å². The van der Waals surface area contributed by atoms with Gasteiger partial charge in [0, 0.05) is 35.3 Å². The lowest BCUT2D eigenvalue weighted by atomic mass is 10.1. The van der Waals surface area contributed by atoms with E-state index in [1.165, 1.54) is 6.33 Å². The van der Waals surface area contributed by atoms with Crippen LogP contribution in [0.25, 0.3) is 28.1 Å². The Bertz CT molecular complexity index is 1040. The molecule has 4 rings (SSSR count). The molecule has 8 heteroatoms. The maximum atomic E-state index is 10.3. The number of pyridine rings is 1. The van der Waals surface area contributed by atoms with Gasteiger partial charge in [0.15, 0.2) is 11.5 Å². The zero-order chi connectivity index (χ0) is 18.8. The number of benzene rings is 1. The first kappa shape index (κ1) is 17.3. The maximum absolute atomic E-state index is 10.3. The number of nitrogens with one attached hydrogen (secondary N) is 2.